The monoisotopic (exact) mass is 326 g/mol. The zero-order valence-electron chi connectivity index (χ0n) is 14.5. The number of hydrazone groups is 1. The van der Waals surface area contributed by atoms with E-state index in [0.717, 1.165) is 35.8 Å². The van der Waals surface area contributed by atoms with E-state index in [2.05, 4.69) is 17.5 Å². The largest absolute Gasteiger partial charge is 0.493 e. The van der Waals surface area contributed by atoms with E-state index >= 15 is 0 Å². The Hall–Kier alpha value is -2.49. The number of benzene rings is 2. The molecule has 24 heavy (non-hydrogen) atoms. The van der Waals surface area contributed by atoms with Gasteiger partial charge in [-0.3, -0.25) is 5.43 Å². The molecule has 0 bridgehead atoms. The molecule has 0 aliphatic carbocycles. The lowest BCUT2D eigenvalue weighted by Crippen LogP contribution is -2.00. The minimum atomic E-state index is 0.722. The molecule has 0 aliphatic heterocycles. The lowest BCUT2D eigenvalue weighted by atomic mass is 10.2. The maximum atomic E-state index is 5.82. The Kier molecular flexibility index (Phi) is 7.68. The Labute approximate surface area is 144 Å². The third kappa shape index (κ3) is 5.95. The van der Waals surface area contributed by atoms with Gasteiger partial charge in [-0.25, -0.2) is 0 Å². The van der Waals surface area contributed by atoms with Gasteiger partial charge in [0.2, 0.25) is 0 Å². The number of para-hydroxylation sites is 1. The van der Waals surface area contributed by atoms with Crippen LogP contribution in [0.15, 0.2) is 53.6 Å². The van der Waals surface area contributed by atoms with Crippen LogP contribution in [0.4, 0.5) is 5.69 Å². The van der Waals surface area contributed by atoms with E-state index < -0.39 is 0 Å². The van der Waals surface area contributed by atoms with Gasteiger partial charge in [-0.2, -0.15) is 5.10 Å². The predicted octanol–water partition coefficient (Wildman–Crippen LogP) is 5.10. The number of nitrogens with zero attached hydrogens (tertiary/aromatic N) is 1. The van der Waals surface area contributed by atoms with Crippen LogP contribution in [0, 0.1) is 0 Å². The van der Waals surface area contributed by atoms with E-state index in [4.69, 9.17) is 9.47 Å². The van der Waals surface area contributed by atoms with Crippen molar-refractivity contribution in [3.05, 3.63) is 54.1 Å². The molecule has 2 aromatic carbocycles. The normalized spacial score (nSPS) is 10.8. The second kappa shape index (κ2) is 10.3. The molecular formula is C20H26N2O2. The highest BCUT2D eigenvalue weighted by atomic mass is 16.5. The summed E-state index contributed by atoms with van der Waals surface area (Å²) in [7, 11) is 1.66. The summed E-state index contributed by atoms with van der Waals surface area (Å²) >= 11 is 0. The van der Waals surface area contributed by atoms with Crippen LogP contribution in [0.3, 0.4) is 0 Å². The summed E-state index contributed by atoms with van der Waals surface area (Å²) in [4.78, 5) is 0. The molecule has 4 nitrogen and oxygen atoms in total. The number of methoxy groups -OCH3 is 1. The molecule has 2 aromatic rings. The second-order valence-corrected chi connectivity index (χ2v) is 5.56. The number of nitrogens with one attached hydrogen (secondary N) is 1. The van der Waals surface area contributed by atoms with Gasteiger partial charge in [0.15, 0.2) is 11.5 Å². The molecular weight excluding hydrogens is 300 g/mol. The second-order valence-electron chi connectivity index (χ2n) is 5.56. The number of hydrogen-bond acceptors (Lipinski definition) is 4. The fourth-order valence-corrected chi connectivity index (χ4v) is 2.29. The molecule has 0 spiro atoms. The van der Waals surface area contributed by atoms with Crippen LogP contribution in [0.25, 0.3) is 0 Å². The van der Waals surface area contributed by atoms with Gasteiger partial charge in [0, 0.05) is 0 Å². The van der Waals surface area contributed by atoms with Gasteiger partial charge in [-0.15, -0.1) is 0 Å². The predicted molar refractivity (Wildman–Crippen MR) is 100 cm³/mol. The number of unbranched alkanes of at least 4 members (excludes halogenated alkanes) is 3. The van der Waals surface area contributed by atoms with Crippen molar-refractivity contribution >= 4 is 11.9 Å². The van der Waals surface area contributed by atoms with Crippen molar-refractivity contribution in [3.8, 4) is 11.5 Å². The van der Waals surface area contributed by atoms with Gasteiger partial charge in [0.1, 0.15) is 0 Å². The summed E-state index contributed by atoms with van der Waals surface area (Å²) in [6.45, 7) is 2.93. The first-order valence-corrected chi connectivity index (χ1v) is 8.48. The zero-order chi connectivity index (χ0) is 17.0. The molecule has 0 saturated carbocycles. The Morgan fingerprint density at radius 1 is 1.00 bits per heavy atom. The van der Waals surface area contributed by atoms with Crippen molar-refractivity contribution < 1.29 is 9.47 Å². The average Bonchev–Trinajstić information content (AvgIpc) is 2.63. The number of rotatable bonds is 10. The third-order valence-corrected chi connectivity index (χ3v) is 3.62. The fourth-order valence-electron chi connectivity index (χ4n) is 2.29. The van der Waals surface area contributed by atoms with E-state index in [1.165, 1.54) is 19.3 Å². The van der Waals surface area contributed by atoms with Crippen molar-refractivity contribution in [3.63, 3.8) is 0 Å². The fraction of sp³-hybridized carbons (Fsp3) is 0.350. The van der Waals surface area contributed by atoms with Crippen LogP contribution in [0.1, 0.15) is 38.2 Å². The average molecular weight is 326 g/mol. The molecule has 0 fully saturated rings. The standard InChI is InChI=1S/C20H26N2O2/c1-3-4-5-9-14-24-19-13-12-17(15-20(19)23-2)16-21-22-18-10-7-6-8-11-18/h6-8,10-13,15-16,22H,3-5,9,14H2,1-2H3/b21-16+. The Balaban J connectivity index is 1.90. The third-order valence-electron chi connectivity index (χ3n) is 3.62. The molecule has 128 valence electrons. The van der Waals surface area contributed by atoms with Crippen molar-refractivity contribution in [2.45, 2.75) is 32.6 Å². The van der Waals surface area contributed by atoms with Crippen LogP contribution in [0.2, 0.25) is 0 Å². The topological polar surface area (TPSA) is 42.8 Å². The number of ether oxygens (including phenoxy) is 2. The SMILES string of the molecule is CCCCCCOc1ccc(/C=N/Nc2ccccc2)cc1OC. The maximum absolute atomic E-state index is 5.82. The van der Waals surface area contributed by atoms with E-state index in [-0.39, 0.29) is 0 Å². The highest BCUT2D eigenvalue weighted by Gasteiger charge is 2.05. The summed E-state index contributed by atoms with van der Waals surface area (Å²) in [5.41, 5.74) is 4.90. The molecule has 0 unspecified atom stereocenters. The first kappa shape index (κ1) is 17.9. The summed E-state index contributed by atoms with van der Waals surface area (Å²) in [5.74, 6) is 1.51. The molecule has 2 rings (SSSR count). The van der Waals surface area contributed by atoms with Crippen LogP contribution >= 0.6 is 0 Å². The van der Waals surface area contributed by atoms with Crippen molar-refractivity contribution in [2.24, 2.45) is 5.10 Å². The molecule has 0 saturated heterocycles. The first-order chi connectivity index (χ1) is 11.8. The highest BCUT2D eigenvalue weighted by molar-refractivity contribution is 5.81. The van der Waals surface area contributed by atoms with Gasteiger partial charge in [0.05, 0.1) is 25.6 Å². The molecule has 0 heterocycles. The molecule has 0 amide bonds. The Morgan fingerprint density at radius 3 is 2.58 bits per heavy atom. The Morgan fingerprint density at radius 2 is 1.83 bits per heavy atom. The molecule has 0 aliphatic rings. The number of anilines is 1. The summed E-state index contributed by atoms with van der Waals surface area (Å²) < 4.78 is 11.2. The van der Waals surface area contributed by atoms with Crippen LogP contribution in [-0.4, -0.2) is 19.9 Å². The minimum absolute atomic E-state index is 0.722. The van der Waals surface area contributed by atoms with Crippen molar-refractivity contribution in [1.82, 2.24) is 0 Å². The van der Waals surface area contributed by atoms with Gasteiger partial charge in [-0.1, -0.05) is 44.4 Å². The molecule has 0 radical (unpaired) electrons. The van der Waals surface area contributed by atoms with Crippen LogP contribution < -0.4 is 14.9 Å². The minimum Gasteiger partial charge on any atom is -0.493 e. The van der Waals surface area contributed by atoms with Crippen molar-refractivity contribution in [1.29, 1.82) is 0 Å². The van der Waals surface area contributed by atoms with Crippen LogP contribution in [0.5, 0.6) is 11.5 Å². The van der Waals surface area contributed by atoms with Crippen molar-refractivity contribution in [2.75, 3.05) is 19.1 Å². The maximum Gasteiger partial charge on any atom is 0.161 e. The molecule has 0 atom stereocenters. The van der Waals surface area contributed by atoms with Gasteiger partial charge in [0.25, 0.3) is 0 Å². The summed E-state index contributed by atoms with van der Waals surface area (Å²) in [6.07, 6.45) is 6.52. The van der Waals surface area contributed by atoms with Crippen LogP contribution in [-0.2, 0) is 0 Å². The van der Waals surface area contributed by atoms with E-state index in [9.17, 15) is 0 Å². The molecule has 1 N–H and O–H groups in total. The van der Waals surface area contributed by atoms with E-state index in [1.807, 2.05) is 48.5 Å². The van der Waals surface area contributed by atoms with Gasteiger partial charge >= 0.3 is 0 Å². The smallest absolute Gasteiger partial charge is 0.161 e. The van der Waals surface area contributed by atoms with E-state index in [1.54, 1.807) is 13.3 Å². The zero-order valence-corrected chi connectivity index (χ0v) is 14.5. The summed E-state index contributed by atoms with van der Waals surface area (Å²) in [6, 6.07) is 15.7. The van der Waals surface area contributed by atoms with Gasteiger partial charge in [-0.05, 0) is 42.3 Å². The lowest BCUT2D eigenvalue weighted by Gasteiger charge is -2.11. The summed E-state index contributed by atoms with van der Waals surface area (Å²) in [5, 5.41) is 4.24. The lowest BCUT2D eigenvalue weighted by molar-refractivity contribution is 0.285. The molecule has 0 aromatic heterocycles. The highest BCUT2D eigenvalue weighted by Crippen LogP contribution is 2.27. The molecule has 4 heteroatoms. The first-order valence-electron chi connectivity index (χ1n) is 8.48. The number of hydrogen-bond donors (Lipinski definition) is 1. The van der Waals surface area contributed by atoms with E-state index in [0.29, 0.717) is 0 Å². The van der Waals surface area contributed by atoms with Gasteiger partial charge < -0.3 is 9.47 Å². The quantitative estimate of drug-likeness (QED) is 0.375. The Bertz CT molecular complexity index is 627.